The van der Waals surface area contributed by atoms with Crippen molar-refractivity contribution < 1.29 is 9.90 Å². The summed E-state index contributed by atoms with van der Waals surface area (Å²) in [4.78, 5) is 56.7. The van der Waals surface area contributed by atoms with Crippen LogP contribution in [0.2, 0.25) is 0 Å². The number of fused-ring (bicyclic) bond motifs is 2. The van der Waals surface area contributed by atoms with E-state index in [0.717, 1.165) is 21.2 Å². The summed E-state index contributed by atoms with van der Waals surface area (Å²) in [6.45, 7) is 2.28. The molecule has 1 saturated heterocycles. The SMILES string of the molecule is Cn1c(=O)c2c(ncn2[C@H]2CN(C(=O)CCc3ccc4c(c3)n(C)c(=O)n4C)CC[C@]2(C)O)n(C)c1=O. The molecule has 3 aromatic heterocycles. The first-order valence-electron chi connectivity index (χ1n) is 12.2. The van der Waals surface area contributed by atoms with E-state index in [1.165, 1.54) is 17.9 Å². The minimum absolute atomic E-state index is 0.0627. The number of aromatic nitrogens is 6. The van der Waals surface area contributed by atoms with Crippen molar-refractivity contribution in [3.05, 3.63) is 61.4 Å². The zero-order valence-electron chi connectivity index (χ0n) is 21.6. The van der Waals surface area contributed by atoms with E-state index in [9.17, 15) is 24.3 Å². The molecule has 4 heterocycles. The van der Waals surface area contributed by atoms with Crippen LogP contribution in [0, 0.1) is 0 Å². The van der Waals surface area contributed by atoms with Gasteiger partial charge in [-0.1, -0.05) is 6.07 Å². The molecule has 37 heavy (non-hydrogen) atoms. The number of likely N-dealkylation sites (tertiary alicyclic amines) is 1. The van der Waals surface area contributed by atoms with Crippen LogP contribution in [0.25, 0.3) is 22.2 Å². The predicted molar refractivity (Wildman–Crippen MR) is 138 cm³/mol. The molecule has 2 atom stereocenters. The van der Waals surface area contributed by atoms with Gasteiger partial charge in [-0.3, -0.25) is 27.9 Å². The third kappa shape index (κ3) is 3.82. The smallest absolute Gasteiger partial charge is 0.332 e. The Balaban J connectivity index is 1.39. The van der Waals surface area contributed by atoms with Crippen LogP contribution < -0.4 is 16.9 Å². The Hall–Kier alpha value is -3.93. The van der Waals surface area contributed by atoms with E-state index in [1.54, 1.807) is 46.7 Å². The van der Waals surface area contributed by atoms with Crippen LogP contribution in [0.3, 0.4) is 0 Å². The van der Waals surface area contributed by atoms with Crippen LogP contribution in [0.5, 0.6) is 0 Å². The molecule has 0 aliphatic carbocycles. The fourth-order valence-corrected chi connectivity index (χ4v) is 5.36. The lowest BCUT2D eigenvalue weighted by atomic mass is 9.87. The number of aliphatic hydroxyl groups is 1. The lowest BCUT2D eigenvalue weighted by Gasteiger charge is -2.43. The highest BCUT2D eigenvalue weighted by Crippen LogP contribution is 2.33. The second-order valence-electron chi connectivity index (χ2n) is 10.2. The molecule has 1 aliphatic rings. The minimum Gasteiger partial charge on any atom is -0.388 e. The van der Waals surface area contributed by atoms with Gasteiger partial charge in [-0.15, -0.1) is 0 Å². The molecule has 4 aromatic rings. The van der Waals surface area contributed by atoms with Gasteiger partial charge < -0.3 is 14.6 Å². The average Bonchev–Trinajstić information content (AvgIpc) is 3.40. The Morgan fingerprint density at radius 2 is 1.70 bits per heavy atom. The van der Waals surface area contributed by atoms with E-state index in [-0.39, 0.29) is 35.7 Å². The first kappa shape index (κ1) is 24.8. The molecule has 0 bridgehead atoms. The molecule has 1 aliphatic heterocycles. The zero-order valence-corrected chi connectivity index (χ0v) is 21.6. The third-order valence-electron chi connectivity index (χ3n) is 7.82. The lowest BCUT2D eigenvalue weighted by molar-refractivity contribution is -0.137. The fourth-order valence-electron chi connectivity index (χ4n) is 5.36. The number of imidazole rings is 2. The summed E-state index contributed by atoms with van der Waals surface area (Å²) in [5.41, 5.74) is 0.777. The molecule has 0 radical (unpaired) electrons. The van der Waals surface area contributed by atoms with E-state index >= 15 is 0 Å². The fraction of sp³-hybridized carbons (Fsp3) is 0.480. The molecule has 1 fully saturated rings. The first-order chi connectivity index (χ1) is 17.4. The lowest BCUT2D eigenvalue weighted by Crippen LogP contribution is -2.53. The molecule has 5 rings (SSSR count). The predicted octanol–water partition coefficient (Wildman–Crippen LogP) is -0.219. The van der Waals surface area contributed by atoms with E-state index < -0.39 is 22.9 Å². The van der Waals surface area contributed by atoms with Gasteiger partial charge in [-0.05, 0) is 37.5 Å². The Kier molecular flexibility index (Phi) is 5.74. The molecule has 12 heteroatoms. The Bertz CT molecular complexity index is 1730. The monoisotopic (exact) mass is 509 g/mol. The standard InChI is InChI=1S/C25H31N7O5/c1-25(37)10-11-31(13-18(25)32-14-26-21-20(32)22(34)30(5)24(36)29(21)4)19(33)9-7-15-6-8-16-17(12-15)28(3)23(35)27(16)2/h6,8,12,14,18,37H,7,9-11,13H2,1-5H3/t18-,25-/m0/s1. The Morgan fingerprint density at radius 1 is 1.03 bits per heavy atom. The quantitative estimate of drug-likeness (QED) is 0.405. The second kappa shape index (κ2) is 8.58. The highest BCUT2D eigenvalue weighted by atomic mass is 16.3. The third-order valence-corrected chi connectivity index (χ3v) is 7.82. The maximum atomic E-state index is 13.2. The van der Waals surface area contributed by atoms with Crippen LogP contribution in [-0.2, 0) is 39.4 Å². The van der Waals surface area contributed by atoms with Crippen LogP contribution in [0.1, 0.15) is 31.4 Å². The van der Waals surface area contributed by atoms with Crippen LogP contribution in [0.4, 0.5) is 0 Å². The van der Waals surface area contributed by atoms with Crippen LogP contribution in [-0.4, -0.2) is 62.4 Å². The van der Waals surface area contributed by atoms with Gasteiger partial charge in [0, 0.05) is 47.7 Å². The number of carbonyl (C=O) groups excluding carboxylic acids is 1. The second-order valence-corrected chi connectivity index (χ2v) is 10.2. The number of hydrogen-bond donors (Lipinski definition) is 1. The summed E-state index contributed by atoms with van der Waals surface area (Å²) in [7, 11) is 6.40. The largest absolute Gasteiger partial charge is 0.388 e. The number of rotatable bonds is 4. The molecule has 0 saturated carbocycles. The summed E-state index contributed by atoms with van der Waals surface area (Å²) in [5, 5.41) is 11.2. The minimum atomic E-state index is -1.19. The topological polar surface area (TPSA) is 129 Å². The van der Waals surface area contributed by atoms with Crippen molar-refractivity contribution in [3.8, 4) is 0 Å². The van der Waals surface area contributed by atoms with Crippen molar-refractivity contribution in [1.82, 2.24) is 32.7 Å². The van der Waals surface area contributed by atoms with Gasteiger partial charge in [0.05, 0.1) is 29.0 Å². The number of benzene rings is 1. The van der Waals surface area contributed by atoms with Gasteiger partial charge in [0.25, 0.3) is 5.56 Å². The summed E-state index contributed by atoms with van der Waals surface area (Å²) in [5.74, 6) is -0.0627. The van der Waals surface area contributed by atoms with Gasteiger partial charge in [0.15, 0.2) is 11.2 Å². The zero-order chi connectivity index (χ0) is 26.8. The van der Waals surface area contributed by atoms with Gasteiger partial charge in [-0.2, -0.15) is 0 Å². The molecular formula is C25H31N7O5. The Morgan fingerprint density at radius 3 is 2.43 bits per heavy atom. The number of hydrogen-bond acceptors (Lipinski definition) is 6. The number of piperidine rings is 1. The summed E-state index contributed by atoms with van der Waals surface area (Å²) >= 11 is 0. The number of aryl methyl sites for hydroxylation is 4. The molecular weight excluding hydrogens is 478 g/mol. The van der Waals surface area contributed by atoms with Crippen molar-refractivity contribution in [2.45, 2.75) is 37.8 Å². The number of amides is 1. The highest BCUT2D eigenvalue weighted by Gasteiger charge is 2.41. The van der Waals surface area contributed by atoms with Gasteiger partial charge in [0.2, 0.25) is 5.91 Å². The van der Waals surface area contributed by atoms with E-state index in [2.05, 4.69) is 4.98 Å². The molecule has 196 valence electrons. The van der Waals surface area contributed by atoms with E-state index in [1.807, 2.05) is 18.2 Å². The normalized spacial score (nSPS) is 20.3. The van der Waals surface area contributed by atoms with Crippen molar-refractivity contribution >= 4 is 28.1 Å². The van der Waals surface area contributed by atoms with Crippen LogP contribution in [0.15, 0.2) is 38.9 Å². The van der Waals surface area contributed by atoms with Crippen molar-refractivity contribution in [1.29, 1.82) is 0 Å². The summed E-state index contributed by atoms with van der Waals surface area (Å²) < 4.78 is 7.09. The van der Waals surface area contributed by atoms with Crippen molar-refractivity contribution in [2.75, 3.05) is 13.1 Å². The van der Waals surface area contributed by atoms with Gasteiger partial charge in [-0.25, -0.2) is 14.6 Å². The molecule has 1 amide bonds. The highest BCUT2D eigenvalue weighted by molar-refractivity contribution is 5.79. The van der Waals surface area contributed by atoms with E-state index in [0.29, 0.717) is 19.4 Å². The summed E-state index contributed by atoms with van der Waals surface area (Å²) in [6, 6.07) is 5.14. The van der Waals surface area contributed by atoms with Crippen LogP contribution >= 0.6 is 0 Å². The number of nitrogens with zero attached hydrogens (tertiary/aromatic N) is 7. The molecule has 1 N–H and O–H groups in total. The van der Waals surface area contributed by atoms with Crippen molar-refractivity contribution in [3.63, 3.8) is 0 Å². The average molecular weight is 510 g/mol. The maximum Gasteiger partial charge on any atom is 0.332 e. The maximum absolute atomic E-state index is 13.2. The van der Waals surface area contributed by atoms with E-state index in [4.69, 9.17) is 0 Å². The molecule has 12 nitrogen and oxygen atoms in total. The summed E-state index contributed by atoms with van der Waals surface area (Å²) in [6.07, 6.45) is 2.55. The first-order valence-corrected chi connectivity index (χ1v) is 12.2. The number of carbonyl (C=O) groups is 1. The molecule has 0 spiro atoms. The van der Waals surface area contributed by atoms with Gasteiger partial charge >= 0.3 is 11.4 Å². The Labute approximate surface area is 211 Å². The van der Waals surface area contributed by atoms with Crippen molar-refractivity contribution in [2.24, 2.45) is 28.2 Å². The molecule has 0 unspecified atom stereocenters. The molecule has 1 aromatic carbocycles. The van der Waals surface area contributed by atoms with Gasteiger partial charge in [0.1, 0.15) is 0 Å².